The summed E-state index contributed by atoms with van der Waals surface area (Å²) in [7, 11) is 0. The van der Waals surface area contributed by atoms with Gasteiger partial charge in [-0.1, -0.05) is 13.8 Å². The number of halogens is 3. The van der Waals surface area contributed by atoms with Crippen LogP contribution in [-0.2, 0) is 6.54 Å². The van der Waals surface area contributed by atoms with Gasteiger partial charge in [0, 0.05) is 11.6 Å². The SMILES string of the molecule is CC(C)NCc1nnc(-c2cc(F)c(F)c(F)c2)o1. The third-order valence-corrected chi connectivity index (χ3v) is 2.36. The summed E-state index contributed by atoms with van der Waals surface area (Å²) in [5, 5.41) is 10.4. The molecule has 1 N–H and O–H groups in total. The molecule has 0 unspecified atom stereocenters. The maximum Gasteiger partial charge on any atom is 0.248 e. The van der Waals surface area contributed by atoms with Gasteiger partial charge in [0.2, 0.25) is 11.8 Å². The van der Waals surface area contributed by atoms with Crippen LogP contribution in [0, 0.1) is 17.5 Å². The van der Waals surface area contributed by atoms with Crippen molar-refractivity contribution in [3.05, 3.63) is 35.5 Å². The Labute approximate surface area is 107 Å². The summed E-state index contributed by atoms with van der Waals surface area (Å²) in [6, 6.07) is 1.85. The first kappa shape index (κ1) is 13.5. The molecule has 2 rings (SSSR count). The first-order chi connectivity index (χ1) is 8.97. The summed E-state index contributed by atoms with van der Waals surface area (Å²) in [6.45, 7) is 4.24. The van der Waals surface area contributed by atoms with E-state index in [2.05, 4.69) is 15.5 Å². The first-order valence-corrected chi connectivity index (χ1v) is 5.68. The minimum Gasteiger partial charge on any atom is -0.419 e. The summed E-state index contributed by atoms with van der Waals surface area (Å²) in [5.41, 5.74) is -0.000281. The van der Waals surface area contributed by atoms with E-state index in [0.717, 1.165) is 12.1 Å². The molecule has 0 fully saturated rings. The van der Waals surface area contributed by atoms with Crippen LogP contribution in [0.25, 0.3) is 11.5 Å². The third-order valence-electron chi connectivity index (χ3n) is 2.36. The molecule has 0 saturated carbocycles. The van der Waals surface area contributed by atoms with Crippen molar-refractivity contribution < 1.29 is 17.6 Å². The van der Waals surface area contributed by atoms with Crippen LogP contribution >= 0.6 is 0 Å². The van der Waals surface area contributed by atoms with Gasteiger partial charge in [-0.15, -0.1) is 10.2 Å². The number of nitrogens with one attached hydrogen (secondary N) is 1. The van der Waals surface area contributed by atoms with Gasteiger partial charge >= 0.3 is 0 Å². The lowest BCUT2D eigenvalue weighted by Gasteiger charge is -2.03. The van der Waals surface area contributed by atoms with Crippen molar-refractivity contribution in [1.82, 2.24) is 15.5 Å². The lowest BCUT2D eigenvalue weighted by Crippen LogP contribution is -2.21. The number of benzene rings is 1. The lowest BCUT2D eigenvalue weighted by atomic mass is 10.2. The Hall–Kier alpha value is -1.89. The molecule has 0 amide bonds. The molecule has 0 radical (unpaired) electrons. The second-order valence-electron chi connectivity index (χ2n) is 4.29. The first-order valence-electron chi connectivity index (χ1n) is 5.68. The Bertz CT molecular complexity index is 560. The normalized spacial score (nSPS) is 11.3. The number of hydrogen-bond acceptors (Lipinski definition) is 4. The molecule has 0 bridgehead atoms. The zero-order chi connectivity index (χ0) is 14.0. The molecule has 1 aromatic carbocycles. The van der Waals surface area contributed by atoms with Crippen LogP contribution in [0.3, 0.4) is 0 Å². The van der Waals surface area contributed by atoms with E-state index >= 15 is 0 Å². The van der Waals surface area contributed by atoms with Crippen molar-refractivity contribution in [2.24, 2.45) is 0 Å². The topological polar surface area (TPSA) is 51.0 Å². The number of aromatic nitrogens is 2. The molecule has 0 atom stereocenters. The average Bonchev–Trinajstić information content (AvgIpc) is 2.81. The zero-order valence-electron chi connectivity index (χ0n) is 10.4. The monoisotopic (exact) mass is 271 g/mol. The van der Waals surface area contributed by atoms with Gasteiger partial charge in [0.1, 0.15) is 0 Å². The van der Waals surface area contributed by atoms with Crippen LogP contribution in [0.4, 0.5) is 13.2 Å². The highest BCUT2D eigenvalue weighted by molar-refractivity contribution is 5.52. The van der Waals surface area contributed by atoms with E-state index in [9.17, 15) is 13.2 Å². The van der Waals surface area contributed by atoms with Gasteiger partial charge in [-0.2, -0.15) is 0 Å². The quantitative estimate of drug-likeness (QED) is 0.868. The van der Waals surface area contributed by atoms with Gasteiger partial charge in [-0.05, 0) is 12.1 Å². The van der Waals surface area contributed by atoms with E-state index in [1.165, 1.54) is 0 Å². The van der Waals surface area contributed by atoms with Crippen LogP contribution < -0.4 is 5.32 Å². The molecule has 7 heteroatoms. The predicted molar refractivity (Wildman–Crippen MR) is 61.6 cm³/mol. The summed E-state index contributed by atoms with van der Waals surface area (Å²) in [4.78, 5) is 0. The van der Waals surface area contributed by atoms with E-state index in [0.29, 0.717) is 6.54 Å². The van der Waals surface area contributed by atoms with Gasteiger partial charge in [-0.25, -0.2) is 13.2 Å². The third kappa shape index (κ3) is 3.11. The number of nitrogens with zero attached hydrogens (tertiary/aromatic N) is 2. The van der Waals surface area contributed by atoms with Gasteiger partial charge in [0.05, 0.1) is 6.54 Å². The van der Waals surface area contributed by atoms with Crippen molar-refractivity contribution >= 4 is 0 Å². The number of rotatable bonds is 4. The van der Waals surface area contributed by atoms with E-state index in [1.54, 1.807) is 0 Å². The maximum atomic E-state index is 13.1. The Morgan fingerprint density at radius 3 is 2.37 bits per heavy atom. The fourth-order valence-corrected chi connectivity index (χ4v) is 1.41. The lowest BCUT2D eigenvalue weighted by molar-refractivity contribution is 0.443. The standard InChI is InChI=1S/C12H12F3N3O/c1-6(2)16-5-10-17-18-12(19-10)7-3-8(13)11(15)9(14)4-7/h3-4,6,16H,5H2,1-2H3. The van der Waals surface area contributed by atoms with Gasteiger partial charge in [-0.3, -0.25) is 0 Å². The van der Waals surface area contributed by atoms with Crippen LogP contribution in [0.5, 0.6) is 0 Å². The van der Waals surface area contributed by atoms with Crippen molar-refractivity contribution in [2.45, 2.75) is 26.4 Å². The summed E-state index contributed by atoms with van der Waals surface area (Å²) in [6.07, 6.45) is 0. The van der Waals surface area contributed by atoms with Gasteiger partial charge < -0.3 is 9.73 Å². The molecular weight excluding hydrogens is 259 g/mol. The molecule has 1 heterocycles. The van der Waals surface area contributed by atoms with E-state index < -0.39 is 17.5 Å². The highest BCUT2D eigenvalue weighted by Gasteiger charge is 2.15. The summed E-state index contributed by atoms with van der Waals surface area (Å²) >= 11 is 0. The Morgan fingerprint density at radius 1 is 1.16 bits per heavy atom. The van der Waals surface area contributed by atoms with E-state index in [1.807, 2.05) is 13.8 Å². The van der Waals surface area contributed by atoms with Crippen molar-refractivity contribution in [3.63, 3.8) is 0 Å². The number of hydrogen-bond donors (Lipinski definition) is 1. The zero-order valence-corrected chi connectivity index (χ0v) is 10.4. The Morgan fingerprint density at radius 2 is 1.79 bits per heavy atom. The smallest absolute Gasteiger partial charge is 0.248 e. The van der Waals surface area contributed by atoms with Crippen molar-refractivity contribution in [3.8, 4) is 11.5 Å². The van der Waals surface area contributed by atoms with Crippen LogP contribution in [0.2, 0.25) is 0 Å². The molecule has 4 nitrogen and oxygen atoms in total. The molecule has 0 spiro atoms. The molecule has 1 aromatic heterocycles. The molecule has 2 aromatic rings. The fraction of sp³-hybridized carbons (Fsp3) is 0.333. The molecule has 19 heavy (non-hydrogen) atoms. The molecule has 0 aliphatic rings. The Balaban J connectivity index is 2.23. The molecular formula is C12H12F3N3O. The maximum absolute atomic E-state index is 13.1. The largest absolute Gasteiger partial charge is 0.419 e. The van der Waals surface area contributed by atoms with Crippen LogP contribution in [0.15, 0.2) is 16.5 Å². The fourth-order valence-electron chi connectivity index (χ4n) is 1.41. The predicted octanol–water partition coefficient (Wildman–Crippen LogP) is 2.65. The highest BCUT2D eigenvalue weighted by Crippen LogP contribution is 2.22. The van der Waals surface area contributed by atoms with Gasteiger partial charge in [0.15, 0.2) is 17.5 Å². The Kier molecular flexibility index (Phi) is 3.84. The second-order valence-corrected chi connectivity index (χ2v) is 4.29. The van der Waals surface area contributed by atoms with Gasteiger partial charge in [0.25, 0.3) is 0 Å². The molecule has 0 saturated heterocycles. The van der Waals surface area contributed by atoms with Crippen LogP contribution in [0.1, 0.15) is 19.7 Å². The van der Waals surface area contributed by atoms with Crippen molar-refractivity contribution in [2.75, 3.05) is 0 Å². The second kappa shape index (κ2) is 5.40. The van der Waals surface area contributed by atoms with Crippen molar-refractivity contribution in [1.29, 1.82) is 0 Å². The van der Waals surface area contributed by atoms with E-state index in [4.69, 9.17) is 4.42 Å². The minimum atomic E-state index is -1.52. The van der Waals surface area contributed by atoms with E-state index in [-0.39, 0.29) is 23.4 Å². The average molecular weight is 271 g/mol. The highest BCUT2D eigenvalue weighted by atomic mass is 19.2. The summed E-state index contributed by atoms with van der Waals surface area (Å²) < 4.78 is 44.2. The summed E-state index contributed by atoms with van der Waals surface area (Å²) in [5.74, 6) is -3.89. The molecule has 102 valence electrons. The molecule has 0 aliphatic heterocycles. The minimum absolute atomic E-state index is 0.000281. The molecule has 0 aliphatic carbocycles. The van der Waals surface area contributed by atoms with Crippen LogP contribution in [-0.4, -0.2) is 16.2 Å².